The van der Waals surface area contributed by atoms with Gasteiger partial charge in [-0.05, 0) is 44.8 Å². The molecule has 0 spiro atoms. The summed E-state index contributed by atoms with van der Waals surface area (Å²) in [5, 5.41) is 5.99. The molecule has 0 radical (unpaired) electrons. The molecule has 1 aliphatic rings. The lowest BCUT2D eigenvalue weighted by Gasteiger charge is -2.10. The third kappa shape index (κ3) is 4.82. The van der Waals surface area contributed by atoms with Crippen molar-refractivity contribution < 1.29 is 14.3 Å². The first-order valence-electron chi connectivity index (χ1n) is 8.49. The van der Waals surface area contributed by atoms with Crippen molar-refractivity contribution in [2.75, 3.05) is 39.3 Å². The molecule has 0 saturated carbocycles. The quantitative estimate of drug-likeness (QED) is 0.692. The summed E-state index contributed by atoms with van der Waals surface area (Å²) in [5.41, 5.74) is 1.35. The lowest BCUT2D eigenvalue weighted by atomic mass is 10.2. The Morgan fingerprint density at radius 2 is 1.96 bits per heavy atom. The van der Waals surface area contributed by atoms with Gasteiger partial charge in [-0.2, -0.15) is 0 Å². The molecule has 1 amide bonds. The normalized spacial score (nSPS) is 12.3. The Balaban J connectivity index is 1.47. The van der Waals surface area contributed by atoms with Crippen molar-refractivity contribution in [2.24, 2.45) is 0 Å². The average Bonchev–Trinajstić information content (AvgIpc) is 3.11. The highest BCUT2D eigenvalue weighted by Crippen LogP contribution is 2.32. The fourth-order valence-electron chi connectivity index (χ4n) is 2.47. The van der Waals surface area contributed by atoms with E-state index in [9.17, 15) is 4.79 Å². The van der Waals surface area contributed by atoms with Crippen molar-refractivity contribution in [1.82, 2.24) is 20.2 Å². The minimum absolute atomic E-state index is 0.221. The number of ether oxygens (including phenoxy) is 2. The fourth-order valence-corrected chi connectivity index (χ4v) is 2.47. The molecular formula is C18H23N5O3. The van der Waals surface area contributed by atoms with Crippen molar-refractivity contribution in [1.29, 1.82) is 0 Å². The van der Waals surface area contributed by atoms with Crippen LogP contribution in [0.1, 0.15) is 22.3 Å². The number of nitrogens with one attached hydrogen (secondary N) is 2. The molecule has 0 fully saturated rings. The Hall–Kier alpha value is -2.87. The highest BCUT2D eigenvalue weighted by Gasteiger charge is 2.14. The third-order valence-corrected chi connectivity index (χ3v) is 3.87. The Bertz CT molecular complexity index is 749. The molecule has 2 heterocycles. The van der Waals surface area contributed by atoms with Gasteiger partial charge in [-0.15, -0.1) is 0 Å². The van der Waals surface area contributed by atoms with Crippen molar-refractivity contribution in [3.05, 3.63) is 41.7 Å². The van der Waals surface area contributed by atoms with Crippen molar-refractivity contribution >= 4 is 11.9 Å². The van der Waals surface area contributed by atoms with Crippen molar-refractivity contribution in [3.8, 4) is 11.5 Å². The van der Waals surface area contributed by atoms with E-state index < -0.39 is 0 Å². The van der Waals surface area contributed by atoms with Crippen molar-refractivity contribution in [3.63, 3.8) is 0 Å². The van der Waals surface area contributed by atoms with Crippen LogP contribution in [0.3, 0.4) is 0 Å². The van der Waals surface area contributed by atoms with Gasteiger partial charge in [0.2, 0.25) is 12.7 Å². The first-order valence-corrected chi connectivity index (χ1v) is 8.49. The van der Waals surface area contributed by atoms with Gasteiger partial charge in [-0.25, -0.2) is 9.97 Å². The molecule has 0 saturated heterocycles. The first kappa shape index (κ1) is 17.9. The standard InChI is InChI=1S/C18H23N5O3/c1-23(2)7-3-6-19-18-21-10-14(11-22-18)17(24)20-9-13-4-5-15-16(8-13)26-12-25-15/h4-5,8,10-11H,3,6-7,9,12H2,1-2H3,(H,20,24)(H,19,21,22). The highest BCUT2D eigenvalue weighted by molar-refractivity contribution is 5.93. The van der Waals surface area contributed by atoms with Gasteiger partial charge in [0, 0.05) is 25.5 Å². The second kappa shape index (κ2) is 8.48. The molecule has 0 unspecified atom stereocenters. The number of hydrogen-bond acceptors (Lipinski definition) is 7. The van der Waals surface area contributed by atoms with Crippen molar-refractivity contribution in [2.45, 2.75) is 13.0 Å². The number of benzene rings is 1. The van der Waals surface area contributed by atoms with Gasteiger partial charge in [0.15, 0.2) is 11.5 Å². The third-order valence-electron chi connectivity index (χ3n) is 3.87. The van der Waals surface area contributed by atoms with Crippen LogP contribution in [0.4, 0.5) is 5.95 Å². The van der Waals surface area contributed by atoms with Crippen LogP contribution in [0.25, 0.3) is 0 Å². The Labute approximate surface area is 152 Å². The molecule has 2 aromatic rings. The van der Waals surface area contributed by atoms with E-state index in [-0.39, 0.29) is 12.7 Å². The number of carbonyl (C=O) groups excluding carboxylic acids is 1. The zero-order valence-electron chi connectivity index (χ0n) is 15.0. The lowest BCUT2D eigenvalue weighted by molar-refractivity contribution is 0.0950. The summed E-state index contributed by atoms with van der Waals surface area (Å²) in [7, 11) is 4.07. The number of carbonyl (C=O) groups is 1. The van der Waals surface area contributed by atoms with Gasteiger partial charge in [0.25, 0.3) is 5.91 Å². The van der Waals surface area contributed by atoms with Gasteiger partial charge >= 0.3 is 0 Å². The van der Waals surface area contributed by atoms with E-state index >= 15 is 0 Å². The topological polar surface area (TPSA) is 88.6 Å². The Kier molecular flexibility index (Phi) is 5.85. The molecule has 0 atom stereocenters. The summed E-state index contributed by atoms with van der Waals surface area (Å²) in [4.78, 5) is 22.7. The van der Waals surface area contributed by atoms with Gasteiger partial charge in [0.05, 0.1) is 5.56 Å². The molecule has 138 valence electrons. The van der Waals surface area contributed by atoms with E-state index in [1.807, 2.05) is 32.3 Å². The van der Waals surface area contributed by atoms with Crippen LogP contribution in [0.2, 0.25) is 0 Å². The number of anilines is 1. The fraction of sp³-hybridized carbons (Fsp3) is 0.389. The second-order valence-corrected chi connectivity index (χ2v) is 6.25. The minimum atomic E-state index is -0.221. The maximum atomic E-state index is 12.2. The van der Waals surface area contributed by atoms with Gasteiger partial charge in [0.1, 0.15) is 0 Å². The smallest absolute Gasteiger partial charge is 0.254 e. The Morgan fingerprint density at radius 3 is 2.73 bits per heavy atom. The maximum Gasteiger partial charge on any atom is 0.254 e. The highest BCUT2D eigenvalue weighted by atomic mass is 16.7. The van der Waals surface area contributed by atoms with Crippen LogP contribution in [-0.4, -0.2) is 54.8 Å². The van der Waals surface area contributed by atoms with Crippen LogP contribution in [0.5, 0.6) is 11.5 Å². The van der Waals surface area contributed by atoms with Crippen LogP contribution in [0, 0.1) is 0 Å². The molecule has 1 aromatic heterocycles. The number of nitrogens with zero attached hydrogens (tertiary/aromatic N) is 3. The monoisotopic (exact) mass is 357 g/mol. The molecule has 1 aliphatic heterocycles. The minimum Gasteiger partial charge on any atom is -0.454 e. The average molecular weight is 357 g/mol. The molecule has 0 bridgehead atoms. The molecule has 26 heavy (non-hydrogen) atoms. The summed E-state index contributed by atoms with van der Waals surface area (Å²) in [5.74, 6) is 1.73. The Morgan fingerprint density at radius 1 is 1.19 bits per heavy atom. The lowest BCUT2D eigenvalue weighted by Crippen LogP contribution is -2.23. The molecule has 3 rings (SSSR count). The van der Waals surface area contributed by atoms with Gasteiger partial charge in [-0.1, -0.05) is 6.07 Å². The van der Waals surface area contributed by atoms with E-state index in [0.29, 0.717) is 23.8 Å². The van der Waals surface area contributed by atoms with E-state index in [2.05, 4.69) is 25.5 Å². The number of amides is 1. The summed E-state index contributed by atoms with van der Waals surface area (Å²) in [6.07, 6.45) is 4.04. The zero-order chi connectivity index (χ0) is 18.4. The number of rotatable bonds is 8. The predicted molar refractivity (Wildman–Crippen MR) is 97.4 cm³/mol. The summed E-state index contributed by atoms with van der Waals surface area (Å²) in [6.45, 7) is 2.40. The van der Waals surface area contributed by atoms with Crippen LogP contribution in [0.15, 0.2) is 30.6 Å². The molecule has 2 N–H and O–H groups in total. The number of fused-ring (bicyclic) bond motifs is 1. The molecule has 8 heteroatoms. The van der Waals surface area contributed by atoms with E-state index in [1.54, 1.807) is 0 Å². The first-order chi connectivity index (χ1) is 12.6. The van der Waals surface area contributed by atoms with E-state index in [4.69, 9.17) is 9.47 Å². The summed E-state index contributed by atoms with van der Waals surface area (Å²) < 4.78 is 10.6. The predicted octanol–water partition coefficient (Wildman–Crippen LogP) is 1.50. The SMILES string of the molecule is CN(C)CCCNc1ncc(C(=O)NCc2ccc3c(c2)OCO3)cn1. The second-order valence-electron chi connectivity index (χ2n) is 6.25. The number of hydrogen-bond donors (Lipinski definition) is 2. The largest absolute Gasteiger partial charge is 0.454 e. The van der Waals surface area contributed by atoms with Crippen LogP contribution < -0.4 is 20.1 Å². The van der Waals surface area contributed by atoms with Gasteiger partial charge < -0.3 is 25.0 Å². The molecular weight excluding hydrogens is 334 g/mol. The molecule has 1 aromatic carbocycles. The molecule has 8 nitrogen and oxygen atoms in total. The van der Waals surface area contributed by atoms with E-state index in [1.165, 1.54) is 12.4 Å². The van der Waals surface area contributed by atoms with Crippen LogP contribution >= 0.6 is 0 Å². The summed E-state index contributed by atoms with van der Waals surface area (Å²) in [6, 6.07) is 5.59. The zero-order valence-corrected chi connectivity index (χ0v) is 15.0. The summed E-state index contributed by atoms with van der Waals surface area (Å²) >= 11 is 0. The molecule has 0 aliphatic carbocycles. The van der Waals surface area contributed by atoms with Crippen LogP contribution in [-0.2, 0) is 6.54 Å². The maximum absolute atomic E-state index is 12.2. The van der Waals surface area contributed by atoms with Gasteiger partial charge in [-0.3, -0.25) is 4.79 Å². The number of aromatic nitrogens is 2. The van der Waals surface area contributed by atoms with E-state index in [0.717, 1.165) is 30.8 Å².